The van der Waals surface area contributed by atoms with Crippen LogP contribution in [0.4, 0.5) is 0 Å². The Morgan fingerprint density at radius 3 is 1.75 bits per heavy atom. The van der Waals surface area contributed by atoms with Gasteiger partial charge >= 0.3 is 68.9 Å². The molecule has 0 aromatic carbocycles. The second kappa shape index (κ2) is 23.3. The number of hydrogen-bond acceptors (Lipinski definition) is 1. The molecule has 0 radical (unpaired) electrons. The molecule has 0 saturated heterocycles. The molecule has 0 saturated carbocycles. The van der Waals surface area contributed by atoms with Crippen molar-refractivity contribution in [2.45, 2.75) is 13.8 Å². The van der Waals surface area contributed by atoms with Crippen molar-refractivity contribution in [3.05, 3.63) is 17.6 Å². The van der Waals surface area contributed by atoms with Crippen LogP contribution < -0.4 is 74.7 Å². The molecule has 0 amide bonds. The molecule has 0 rings (SSSR count). The average Bonchev–Trinajstić information content (AvgIpc) is 1.69. The van der Waals surface area contributed by atoms with Crippen LogP contribution in [0.1, 0.15) is 13.8 Å². The Morgan fingerprint density at radius 1 is 1.62 bits per heavy atom. The van der Waals surface area contributed by atoms with E-state index in [0.717, 1.165) is 0 Å². The van der Waals surface area contributed by atoms with Crippen LogP contribution in [-0.4, -0.2) is 7.05 Å². The molecular formula is C5H12CsN2-. The van der Waals surface area contributed by atoms with E-state index in [4.69, 9.17) is 0 Å². The van der Waals surface area contributed by atoms with Gasteiger partial charge in [0.25, 0.3) is 0 Å². The van der Waals surface area contributed by atoms with Crippen LogP contribution >= 0.6 is 0 Å². The molecule has 2 nitrogen and oxygen atoms in total. The zero-order chi connectivity index (χ0) is 6.12. The summed E-state index contributed by atoms with van der Waals surface area (Å²) in [6.45, 7) is 3.82. The van der Waals surface area contributed by atoms with E-state index in [1.54, 1.807) is 0 Å². The van der Waals surface area contributed by atoms with Crippen molar-refractivity contribution in [2.75, 3.05) is 7.05 Å². The molecule has 0 spiro atoms. The van der Waals surface area contributed by atoms with Gasteiger partial charge in [-0.2, -0.15) is 14.0 Å². The van der Waals surface area contributed by atoms with Gasteiger partial charge in [-0.1, -0.05) is 6.92 Å². The molecule has 0 atom stereocenters. The fourth-order valence-corrected chi connectivity index (χ4v) is 0. The van der Waals surface area contributed by atoms with Crippen molar-refractivity contribution in [1.29, 1.82) is 0 Å². The van der Waals surface area contributed by atoms with E-state index in [2.05, 4.69) is 17.3 Å². The fourth-order valence-electron chi connectivity index (χ4n) is 0. The second-order valence-electron chi connectivity index (χ2n) is 0.836. The number of rotatable bonds is 0. The Morgan fingerprint density at radius 2 is 1.75 bits per heavy atom. The maximum atomic E-state index is 4.47. The molecule has 0 bridgehead atoms. The first kappa shape index (κ1) is 16.4. The molecule has 3 heteroatoms. The minimum atomic E-state index is 0. The third-order valence-electron chi connectivity index (χ3n) is 0.289. The van der Waals surface area contributed by atoms with Gasteiger partial charge in [0.05, 0.1) is 0 Å². The van der Waals surface area contributed by atoms with Gasteiger partial charge < -0.3 is 17.3 Å². The predicted molar refractivity (Wildman–Crippen MR) is 32.6 cm³/mol. The van der Waals surface area contributed by atoms with E-state index in [1.165, 1.54) is 7.05 Å². The summed E-state index contributed by atoms with van der Waals surface area (Å²) in [7, 11) is 1.53. The van der Waals surface area contributed by atoms with Gasteiger partial charge in [0.1, 0.15) is 0 Å². The van der Waals surface area contributed by atoms with E-state index < -0.39 is 0 Å². The summed E-state index contributed by atoms with van der Waals surface area (Å²) in [5.74, 6) is 4.47. The zero-order valence-corrected chi connectivity index (χ0v) is 12.4. The van der Waals surface area contributed by atoms with Crippen LogP contribution in [0.2, 0.25) is 0 Å². The Kier molecular flexibility index (Phi) is 47.7. The van der Waals surface area contributed by atoms with Crippen LogP contribution in [0.5, 0.6) is 0 Å². The monoisotopic (exact) mass is 233 g/mol. The molecule has 0 aliphatic rings. The molecule has 0 aliphatic heterocycles. The number of hydrogen-bond donors (Lipinski definition) is 1. The van der Waals surface area contributed by atoms with Crippen LogP contribution in [0, 0.1) is 6.08 Å². The minimum absolute atomic E-state index is 0. The van der Waals surface area contributed by atoms with Crippen molar-refractivity contribution in [1.82, 2.24) is 0 Å². The molecule has 44 valence electrons. The third-order valence-corrected chi connectivity index (χ3v) is 0.289. The summed E-state index contributed by atoms with van der Waals surface area (Å²) in [5.41, 5.74) is 3.00. The standard InChI is InChI=1S/C4H7.CH5N2.Cs/c1-3-4-2;1-3-2;/h3H,1-2H3;2H2,1H3;/q2*-1;+1. The maximum Gasteiger partial charge on any atom is 1.00 e. The third kappa shape index (κ3) is 47.2. The Hall–Kier alpha value is 1.71. The molecule has 2 N–H and O–H groups in total. The molecule has 0 aromatic heterocycles. The smallest absolute Gasteiger partial charge is 0.603 e. The summed E-state index contributed by atoms with van der Waals surface area (Å²) in [4.78, 5) is 0. The van der Waals surface area contributed by atoms with Gasteiger partial charge in [-0.15, -0.1) is 0 Å². The van der Waals surface area contributed by atoms with Gasteiger partial charge in [-0.05, 0) is 0 Å². The molecule has 0 unspecified atom stereocenters. The van der Waals surface area contributed by atoms with Crippen LogP contribution in [0.15, 0.2) is 6.08 Å². The maximum absolute atomic E-state index is 4.47. The van der Waals surface area contributed by atoms with Gasteiger partial charge in [0, 0.05) is 0 Å². The minimum Gasteiger partial charge on any atom is -0.603 e. The Labute approximate surface area is 111 Å². The molecule has 0 aliphatic carbocycles. The topological polar surface area (TPSA) is 40.1 Å². The Bertz CT molecular complexity index is 33.4. The molecular weight excluding hydrogens is 221 g/mol. The largest absolute Gasteiger partial charge is 1.00 e. The van der Waals surface area contributed by atoms with E-state index in [0.29, 0.717) is 0 Å². The first-order valence-corrected chi connectivity index (χ1v) is 2.07. The summed E-state index contributed by atoms with van der Waals surface area (Å²) < 4.78 is 0. The first-order chi connectivity index (χ1) is 3.33. The van der Waals surface area contributed by atoms with Gasteiger partial charge in [0.15, 0.2) is 0 Å². The van der Waals surface area contributed by atoms with Crippen molar-refractivity contribution in [3.63, 3.8) is 0 Å². The first-order valence-electron chi connectivity index (χ1n) is 2.07. The van der Waals surface area contributed by atoms with Gasteiger partial charge in [-0.25, -0.2) is 0 Å². The van der Waals surface area contributed by atoms with Crippen molar-refractivity contribution in [2.24, 2.45) is 5.84 Å². The van der Waals surface area contributed by atoms with E-state index in [1.807, 2.05) is 19.9 Å². The second-order valence-corrected chi connectivity index (χ2v) is 0.836. The Balaban J connectivity index is -0.0000000575. The van der Waals surface area contributed by atoms with E-state index in [-0.39, 0.29) is 68.9 Å². The van der Waals surface area contributed by atoms with Gasteiger partial charge in [-0.3, -0.25) is 6.08 Å². The van der Waals surface area contributed by atoms with E-state index in [9.17, 15) is 0 Å². The van der Waals surface area contributed by atoms with Crippen molar-refractivity contribution in [3.8, 4) is 0 Å². The van der Waals surface area contributed by atoms with Crippen molar-refractivity contribution < 1.29 is 68.9 Å². The van der Waals surface area contributed by atoms with Crippen molar-refractivity contribution >= 4 is 0 Å². The molecule has 0 heterocycles. The fraction of sp³-hybridized carbons (Fsp3) is 0.600. The average molecular weight is 233 g/mol. The SMILES string of the molecule is C[C-]=CC.C[N-]N.[Cs+]. The van der Waals surface area contributed by atoms with Crippen LogP contribution in [-0.2, 0) is 0 Å². The normalized spacial score (nSPS) is 7.00. The molecule has 8 heavy (non-hydrogen) atoms. The van der Waals surface area contributed by atoms with Crippen LogP contribution in [0.25, 0.3) is 5.43 Å². The molecule has 0 aromatic rings. The number of nitrogens with two attached hydrogens (primary N) is 1. The number of nitrogens with zero attached hydrogens (tertiary/aromatic N) is 1. The van der Waals surface area contributed by atoms with Crippen LogP contribution in [0.3, 0.4) is 0 Å². The quantitative estimate of drug-likeness (QED) is 0.301. The van der Waals surface area contributed by atoms with Gasteiger partial charge in [0.2, 0.25) is 0 Å². The summed E-state index contributed by atoms with van der Waals surface area (Å²) >= 11 is 0. The summed E-state index contributed by atoms with van der Waals surface area (Å²) in [5, 5.41) is 0. The summed E-state index contributed by atoms with van der Waals surface area (Å²) in [6.07, 6.45) is 4.68. The van der Waals surface area contributed by atoms with E-state index >= 15 is 0 Å². The summed E-state index contributed by atoms with van der Waals surface area (Å²) in [6, 6.07) is 0. The molecule has 0 fully saturated rings. The predicted octanol–water partition coefficient (Wildman–Crippen LogP) is -1.75. The zero-order valence-electron chi connectivity index (χ0n) is 6.10. The number of allylic oxidation sites excluding steroid dienone is 2.